The number of ether oxygens (including phenoxy) is 1. The third kappa shape index (κ3) is 3.25. The highest BCUT2D eigenvalue weighted by Crippen LogP contribution is 2.38. The summed E-state index contributed by atoms with van der Waals surface area (Å²) in [7, 11) is 0. The molecule has 0 spiro atoms. The molecule has 5 nitrogen and oxygen atoms in total. The second-order valence-electron chi connectivity index (χ2n) is 7.19. The van der Waals surface area contributed by atoms with Crippen LogP contribution in [0.1, 0.15) is 37.3 Å². The molecule has 1 aromatic rings. The SMILES string of the molecule is O=c1ccc(C2CC2)nn1CC1CN(CC2CCOCC2)C1. The Balaban J connectivity index is 1.28. The lowest BCUT2D eigenvalue weighted by Gasteiger charge is -2.41. The van der Waals surface area contributed by atoms with E-state index in [1.54, 1.807) is 10.7 Å². The summed E-state index contributed by atoms with van der Waals surface area (Å²) in [4.78, 5) is 14.5. The fourth-order valence-electron chi connectivity index (χ4n) is 3.67. The predicted molar refractivity (Wildman–Crippen MR) is 83.9 cm³/mol. The van der Waals surface area contributed by atoms with Gasteiger partial charge >= 0.3 is 0 Å². The van der Waals surface area contributed by atoms with E-state index in [0.29, 0.717) is 11.8 Å². The van der Waals surface area contributed by atoms with Gasteiger partial charge in [0.05, 0.1) is 12.2 Å². The Morgan fingerprint density at radius 3 is 2.55 bits per heavy atom. The highest BCUT2D eigenvalue weighted by atomic mass is 16.5. The average molecular weight is 303 g/mol. The smallest absolute Gasteiger partial charge is 0.266 e. The number of hydrogen-bond donors (Lipinski definition) is 0. The molecular formula is C17H25N3O2. The van der Waals surface area contributed by atoms with Gasteiger partial charge in [-0.2, -0.15) is 5.10 Å². The van der Waals surface area contributed by atoms with Gasteiger partial charge in [0.1, 0.15) is 0 Å². The molecule has 1 aliphatic carbocycles. The quantitative estimate of drug-likeness (QED) is 0.826. The van der Waals surface area contributed by atoms with Gasteiger partial charge in [-0.1, -0.05) is 0 Å². The van der Waals surface area contributed by atoms with Gasteiger partial charge in [-0.15, -0.1) is 0 Å². The Kier molecular flexibility index (Phi) is 4.01. The molecule has 3 aliphatic rings. The first-order valence-corrected chi connectivity index (χ1v) is 8.66. The van der Waals surface area contributed by atoms with E-state index in [-0.39, 0.29) is 5.56 Å². The Bertz CT molecular complexity index is 570. The van der Waals surface area contributed by atoms with E-state index < -0.39 is 0 Å². The molecule has 120 valence electrons. The lowest BCUT2D eigenvalue weighted by molar-refractivity contribution is 0.0204. The normalized spacial score (nSPS) is 24.4. The third-order valence-corrected chi connectivity index (χ3v) is 5.20. The molecule has 3 fully saturated rings. The zero-order valence-corrected chi connectivity index (χ0v) is 13.1. The maximum atomic E-state index is 12.0. The fraction of sp³-hybridized carbons (Fsp3) is 0.765. The van der Waals surface area contributed by atoms with Gasteiger partial charge < -0.3 is 9.64 Å². The van der Waals surface area contributed by atoms with Crippen molar-refractivity contribution in [1.29, 1.82) is 0 Å². The molecule has 3 heterocycles. The standard InChI is InChI=1S/C17H25N3O2/c21-17-4-3-16(15-1-2-15)18-20(17)12-14-10-19(11-14)9-13-5-7-22-8-6-13/h3-4,13-15H,1-2,5-12H2. The number of hydrogen-bond acceptors (Lipinski definition) is 4. The van der Waals surface area contributed by atoms with E-state index in [9.17, 15) is 4.79 Å². The van der Waals surface area contributed by atoms with Gasteiger partial charge in [0.2, 0.25) is 0 Å². The molecule has 5 heteroatoms. The Labute approximate surface area is 131 Å². The molecule has 0 bridgehead atoms. The van der Waals surface area contributed by atoms with Gasteiger partial charge in [-0.25, -0.2) is 4.68 Å². The van der Waals surface area contributed by atoms with Crippen LogP contribution in [-0.4, -0.2) is 47.5 Å². The Morgan fingerprint density at radius 1 is 1.05 bits per heavy atom. The largest absolute Gasteiger partial charge is 0.381 e. The van der Waals surface area contributed by atoms with Gasteiger partial charge in [0, 0.05) is 50.8 Å². The first kappa shape index (κ1) is 14.4. The van der Waals surface area contributed by atoms with Crippen LogP contribution in [-0.2, 0) is 11.3 Å². The minimum absolute atomic E-state index is 0.0484. The van der Waals surface area contributed by atoms with Crippen LogP contribution < -0.4 is 5.56 Å². The summed E-state index contributed by atoms with van der Waals surface area (Å²) in [6.45, 7) is 6.05. The molecule has 0 unspecified atom stereocenters. The lowest BCUT2D eigenvalue weighted by atomic mass is 9.94. The summed E-state index contributed by atoms with van der Waals surface area (Å²) >= 11 is 0. The first-order chi connectivity index (χ1) is 10.8. The van der Waals surface area contributed by atoms with E-state index in [4.69, 9.17) is 4.74 Å². The first-order valence-electron chi connectivity index (χ1n) is 8.66. The molecule has 0 radical (unpaired) electrons. The van der Waals surface area contributed by atoms with Crippen molar-refractivity contribution in [2.24, 2.45) is 11.8 Å². The third-order valence-electron chi connectivity index (χ3n) is 5.20. The lowest BCUT2D eigenvalue weighted by Crippen LogP contribution is -2.51. The van der Waals surface area contributed by atoms with Gasteiger partial charge in [0.15, 0.2) is 0 Å². The van der Waals surface area contributed by atoms with Crippen molar-refractivity contribution in [3.63, 3.8) is 0 Å². The molecule has 2 aliphatic heterocycles. The van der Waals surface area contributed by atoms with Crippen LogP contribution in [0, 0.1) is 11.8 Å². The summed E-state index contributed by atoms with van der Waals surface area (Å²) in [6, 6.07) is 3.60. The zero-order chi connectivity index (χ0) is 14.9. The van der Waals surface area contributed by atoms with Crippen molar-refractivity contribution < 1.29 is 4.74 Å². The highest BCUT2D eigenvalue weighted by molar-refractivity contribution is 5.12. The van der Waals surface area contributed by atoms with Crippen LogP contribution in [0.2, 0.25) is 0 Å². The molecule has 0 amide bonds. The fourth-order valence-corrected chi connectivity index (χ4v) is 3.67. The van der Waals surface area contributed by atoms with E-state index in [1.165, 1.54) is 32.2 Å². The monoisotopic (exact) mass is 303 g/mol. The Morgan fingerprint density at radius 2 is 1.82 bits per heavy atom. The number of likely N-dealkylation sites (tertiary alicyclic amines) is 1. The number of rotatable bonds is 5. The maximum Gasteiger partial charge on any atom is 0.266 e. The molecule has 4 rings (SSSR count). The van der Waals surface area contributed by atoms with E-state index in [2.05, 4.69) is 10.00 Å². The second-order valence-corrected chi connectivity index (χ2v) is 7.19. The van der Waals surface area contributed by atoms with Crippen LogP contribution >= 0.6 is 0 Å². The van der Waals surface area contributed by atoms with Crippen LogP contribution in [0.5, 0.6) is 0 Å². The number of aromatic nitrogens is 2. The molecule has 0 aromatic carbocycles. The van der Waals surface area contributed by atoms with Crippen LogP contribution in [0.3, 0.4) is 0 Å². The van der Waals surface area contributed by atoms with E-state index in [1.807, 2.05) is 6.07 Å². The van der Waals surface area contributed by atoms with Gasteiger partial charge in [-0.3, -0.25) is 4.79 Å². The maximum absolute atomic E-state index is 12.0. The van der Waals surface area contributed by atoms with E-state index in [0.717, 1.165) is 44.5 Å². The molecule has 22 heavy (non-hydrogen) atoms. The van der Waals surface area contributed by atoms with Crippen molar-refractivity contribution in [1.82, 2.24) is 14.7 Å². The predicted octanol–water partition coefficient (Wildman–Crippen LogP) is 1.48. The van der Waals surface area contributed by atoms with Crippen molar-refractivity contribution >= 4 is 0 Å². The molecular weight excluding hydrogens is 278 g/mol. The number of nitrogens with zero attached hydrogens (tertiary/aromatic N) is 3. The summed E-state index contributed by atoms with van der Waals surface area (Å²) < 4.78 is 7.12. The summed E-state index contributed by atoms with van der Waals surface area (Å²) in [5.74, 6) is 1.99. The second kappa shape index (κ2) is 6.13. The summed E-state index contributed by atoms with van der Waals surface area (Å²) in [6.07, 6.45) is 4.86. The van der Waals surface area contributed by atoms with E-state index >= 15 is 0 Å². The van der Waals surface area contributed by atoms with Crippen molar-refractivity contribution in [2.45, 2.75) is 38.1 Å². The Hall–Kier alpha value is -1.20. The van der Waals surface area contributed by atoms with Crippen LogP contribution in [0.25, 0.3) is 0 Å². The topological polar surface area (TPSA) is 47.4 Å². The van der Waals surface area contributed by atoms with Gasteiger partial charge in [-0.05, 0) is 37.7 Å². The summed E-state index contributed by atoms with van der Waals surface area (Å²) in [5, 5.41) is 4.57. The van der Waals surface area contributed by atoms with Crippen LogP contribution in [0.15, 0.2) is 16.9 Å². The zero-order valence-electron chi connectivity index (χ0n) is 13.1. The molecule has 2 saturated heterocycles. The van der Waals surface area contributed by atoms with Gasteiger partial charge in [0.25, 0.3) is 5.56 Å². The molecule has 1 aromatic heterocycles. The van der Waals surface area contributed by atoms with Crippen molar-refractivity contribution in [3.8, 4) is 0 Å². The molecule has 0 atom stereocenters. The minimum atomic E-state index is 0.0484. The summed E-state index contributed by atoms with van der Waals surface area (Å²) in [5.41, 5.74) is 1.16. The minimum Gasteiger partial charge on any atom is -0.381 e. The van der Waals surface area contributed by atoms with Crippen molar-refractivity contribution in [3.05, 3.63) is 28.2 Å². The molecule has 0 N–H and O–H groups in total. The molecule has 1 saturated carbocycles. The highest BCUT2D eigenvalue weighted by Gasteiger charge is 2.30. The van der Waals surface area contributed by atoms with Crippen LogP contribution in [0.4, 0.5) is 0 Å². The van der Waals surface area contributed by atoms with Crippen molar-refractivity contribution in [2.75, 3.05) is 32.8 Å². The average Bonchev–Trinajstić information content (AvgIpc) is 3.33.